The topological polar surface area (TPSA) is 47.9 Å². The van der Waals surface area contributed by atoms with Crippen LogP contribution in [-0.4, -0.2) is 18.3 Å². The molecule has 14 aromatic rings. The number of aromatic nitrogens is 4. The monoisotopic (exact) mass is 864 g/mol. The first kappa shape index (κ1) is 37.7. The minimum atomic E-state index is 0.435. The van der Waals surface area contributed by atoms with Crippen LogP contribution in [0.3, 0.4) is 0 Å². The third-order valence-electron chi connectivity index (χ3n) is 14.0. The van der Waals surface area contributed by atoms with Crippen LogP contribution in [0, 0.1) is 17.9 Å². The average molecular weight is 865 g/mol. The number of nitriles is 1. The SMILES string of the molecule is [C-]#[N+]c1cc(-n2c3ccccc3c3ccccc32)cc(-n2c3ccccc3c3ccccc32)c1-c1c(C#N)cc(-n2c3ccccc3c3ccccc32)cc1-n1c2ccccc2c2ccccc21. The number of fused-ring (bicyclic) bond motifs is 12. The molecule has 68 heavy (non-hydrogen) atoms. The number of benzene rings is 10. The Hall–Kier alpha value is -9.62. The standard InChI is InChI=1S/C62H36N6/c1-64-50-35-41(66-53-28-12-4-20-44(53)45-21-5-13-29-54(45)66)37-60(68-57-32-16-8-24-48(57)49-25-9-17-33-58(49)68)62(50)61-39(38-63)34-40(65-51-26-10-2-18-42(51)43-19-3-11-27-52(43)65)36-59(61)67-55-30-14-6-22-46(55)47-23-7-15-31-56(47)67/h2-37H. The van der Waals surface area contributed by atoms with Gasteiger partial charge in [0.25, 0.3) is 0 Å². The lowest BCUT2D eigenvalue weighted by atomic mass is 9.93. The van der Waals surface area contributed by atoms with Crippen molar-refractivity contribution in [3.05, 3.63) is 235 Å². The second kappa shape index (κ2) is 14.4. The first-order valence-electron chi connectivity index (χ1n) is 22.8. The molecule has 6 nitrogen and oxygen atoms in total. The summed E-state index contributed by atoms with van der Waals surface area (Å²) in [7, 11) is 0. The van der Waals surface area contributed by atoms with Crippen LogP contribution >= 0.6 is 0 Å². The van der Waals surface area contributed by atoms with Gasteiger partial charge in [-0.1, -0.05) is 146 Å². The Morgan fingerprint density at radius 2 is 0.588 bits per heavy atom. The quantitative estimate of drug-likeness (QED) is 0.159. The summed E-state index contributed by atoms with van der Waals surface area (Å²) < 4.78 is 9.18. The van der Waals surface area contributed by atoms with Crippen molar-refractivity contribution in [2.24, 2.45) is 0 Å². The Morgan fingerprint density at radius 3 is 0.882 bits per heavy atom. The molecular weight excluding hydrogens is 829 g/mol. The Labute approximate surface area is 390 Å². The van der Waals surface area contributed by atoms with Gasteiger partial charge in [0.15, 0.2) is 5.69 Å². The van der Waals surface area contributed by atoms with E-state index < -0.39 is 0 Å². The lowest BCUT2D eigenvalue weighted by molar-refractivity contribution is 1.12. The molecule has 0 amide bonds. The van der Waals surface area contributed by atoms with E-state index in [1.165, 1.54) is 0 Å². The summed E-state index contributed by atoms with van der Waals surface area (Å²) in [4.78, 5) is 4.48. The summed E-state index contributed by atoms with van der Waals surface area (Å²) in [5, 5.41) is 20.7. The Kier molecular flexibility index (Phi) is 8.01. The molecule has 0 saturated carbocycles. The highest BCUT2D eigenvalue weighted by atomic mass is 15.0. The summed E-state index contributed by atoms with van der Waals surface area (Å²) in [6, 6.07) is 79.1. The molecule has 0 fully saturated rings. The fraction of sp³-hybridized carbons (Fsp3) is 0. The summed E-state index contributed by atoms with van der Waals surface area (Å²) in [5.74, 6) is 0. The van der Waals surface area contributed by atoms with E-state index in [1.54, 1.807) is 0 Å². The van der Waals surface area contributed by atoms with Crippen molar-refractivity contribution < 1.29 is 0 Å². The first-order valence-corrected chi connectivity index (χ1v) is 22.8. The van der Waals surface area contributed by atoms with Gasteiger partial charge in [-0.15, -0.1) is 0 Å². The molecule has 10 aromatic carbocycles. The van der Waals surface area contributed by atoms with E-state index in [2.05, 4.69) is 235 Å². The van der Waals surface area contributed by atoms with E-state index in [9.17, 15) is 11.8 Å². The average Bonchev–Trinajstić information content (AvgIpc) is 4.13. The van der Waals surface area contributed by atoms with E-state index in [0.29, 0.717) is 22.4 Å². The predicted molar refractivity (Wildman–Crippen MR) is 280 cm³/mol. The zero-order valence-corrected chi connectivity index (χ0v) is 36.5. The zero-order chi connectivity index (χ0) is 45.0. The fourth-order valence-corrected chi connectivity index (χ4v) is 11.3. The van der Waals surface area contributed by atoms with Gasteiger partial charge in [0, 0.05) is 71.3 Å². The highest BCUT2D eigenvalue weighted by molar-refractivity contribution is 6.14. The maximum Gasteiger partial charge on any atom is 0.199 e. The molecule has 0 aliphatic carbocycles. The van der Waals surface area contributed by atoms with Gasteiger partial charge in [-0.05, 0) is 72.8 Å². The second-order valence-corrected chi connectivity index (χ2v) is 17.4. The van der Waals surface area contributed by atoms with Crippen LogP contribution in [0.2, 0.25) is 0 Å². The fourth-order valence-electron chi connectivity index (χ4n) is 11.3. The lowest BCUT2D eigenvalue weighted by Gasteiger charge is -2.24. The maximum absolute atomic E-state index is 11.8. The summed E-state index contributed by atoms with van der Waals surface area (Å²) in [6.45, 7) is 9.21. The van der Waals surface area contributed by atoms with Gasteiger partial charge < -0.3 is 18.3 Å². The summed E-state index contributed by atoms with van der Waals surface area (Å²) >= 11 is 0. The molecule has 0 radical (unpaired) electrons. The van der Waals surface area contributed by atoms with Gasteiger partial charge in [-0.25, -0.2) is 4.85 Å². The van der Waals surface area contributed by atoms with E-state index in [4.69, 9.17) is 0 Å². The summed E-state index contributed by atoms with van der Waals surface area (Å²) in [6.07, 6.45) is 0. The molecule has 4 aromatic heterocycles. The van der Waals surface area contributed by atoms with Gasteiger partial charge >= 0.3 is 0 Å². The van der Waals surface area contributed by atoms with E-state index in [1.807, 2.05) is 12.1 Å². The van der Waals surface area contributed by atoms with Crippen molar-refractivity contribution in [1.82, 2.24) is 18.3 Å². The minimum Gasteiger partial charge on any atom is -0.310 e. The zero-order valence-electron chi connectivity index (χ0n) is 36.5. The van der Waals surface area contributed by atoms with Crippen LogP contribution in [0.4, 0.5) is 5.69 Å². The van der Waals surface area contributed by atoms with Crippen molar-refractivity contribution >= 4 is 92.9 Å². The molecule has 6 heteroatoms. The predicted octanol–water partition coefficient (Wildman–Crippen LogP) is 16.2. The number of para-hydroxylation sites is 8. The second-order valence-electron chi connectivity index (χ2n) is 17.4. The minimum absolute atomic E-state index is 0.435. The molecule has 14 rings (SSSR count). The Balaban J connectivity index is 1.19. The van der Waals surface area contributed by atoms with Crippen molar-refractivity contribution in [3.8, 4) is 39.9 Å². The van der Waals surface area contributed by atoms with E-state index >= 15 is 0 Å². The Morgan fingerprint density at radius 1 is 0.324 bits per heavy atom. The molecular formula is C62H36N6. The van der Waals surface area contributed by atoms with E-state index in [-0.39, 0.29) is 0 Å². The van der Waals surface area contributed by atoms with Crippen molar-refractivity contribution in [2.45, 2.75) is 0 Å². The van der Waals surface area contributed by atoms with Crippen LogP contribution in [0.1, 0.15) is 5.56 Å². The third kappa shape index (κ3) is 5.20. The van der Waals surface area contributed by atoms with Crippen LogP contribution < -0.4 is 0 Å². The highest BCUT2D eigenvalue weighted by Crippen LogP contribution is 2.49. The highest BCUT2D eigenvalue weighted by Gasteiger charge is 2.28. The molecule has 0 aliphatic heterocycles. The smallest absolute Gasteiger partial charge is 0.199 e. The molecule has 4 heterocycles. The van der Waals surface area contributed by atoms with Crippen molar-refractivity contribution in [3.63, 3.8) is 0 Å². The van der Waals surface area contributed by atoms with Gasteiger partial charge in [0.2, 0.25) is 0 Å². The normalized spacial score (nSPS) is 11.8. The maximum atomic E-state index is 11.8. The molecule has 314 valence electrons. The molecule has 0 unspecified atom stereocenters. The van der Waals surface area contributed by atoms with Gasteiger partial charge in [-0.2, -0.15) is 5.26 Å². The number of hydrogen-bond acceptors (Lipinski definition) is 1. The third-order valence-corrected chi connectivity index (χ3v) is 14.0. The molecule has 0 saturated heterocycles. The molecule has 0 N–H and O–H groups in total. The van der Waals surface area contributed by atoms with Gasteiger partial charge in [0.05, 0.1) is 68.0 Å². The van der Waals surface area contributed by atoms with Crippen LogP contribution in [0.25, 0.3) is 126 Å². The van der Waals surface area contributed by atoms with Crippen molar-refractivity contribution in [2.75, 3.05) is 0 Å². The first-order chi connectivity index (χ1) is 33.7. The van der Waals surface area contributed by atoms with E-state index in [0.717, 1.165) is 110 Å². The largest absolute Gasteiger partial charge is 0.310 e. The van der Waals surface area contributed by atoms with Crippen molar-refractivity contribution in [1.29, 1.82) is 5.26 Å². The van der Waals surface area contributed by atoms with Gasteiger partial charge in [0.1, 0.15) is 0 Å². The Bertz CT molecular complexity index is 4030. The van der Waals surface area contributed by atoms with Crippen LogP contribution in [0.5, 0.6) is 0 Å². The van der Waals surface area contributed by atoms with Crippen LogP contribution in [0.15, 0.2) is 218 Å². The molecule has 0 aliphatic rings. The summed E-state index contributed by atoms with van der Waals surface area (Å²) in [5.41, 5.74) is 13.8. The number of rotatable bonds is 5. The van der Waals surface area contributed by atoms with Gasteiger partial charge in [-0.3, -0.25) is 0 Å². The van der Waals surface area contributed by atoms with Crippen LogP contribution in [-0.2, 0) is 0 Å². The lowest BCUT2D eigenvalue weighted by Crippen LogP contribution is -2.07. The number of nitrogens with zero attached hydrogens (tertiary/aromatic N) is 6. The number of hydrogen-bond donors (Lipinski definition) is 0. The molecule has 0 atom stereocenters. The molecule has 0 spiro atoms. The molecule has 0 bridgehead atoms.